The molecule has 0 unspecified atom stereocenters. The first kappa shape index (κ1) is 48.9. The van der Waals surface area contributed by atoms with E-state index in [1.54, 1.807) is 0 Å². The number of aromatic amines is 2. The van der Waals surface area contributed by atoms with Gasteiger partial charge in [-0.3, -0.25) is 19.4 Å². The summed E-state index contributed by atoms with van der Waals surface area (Å²) in [4.78, 5) is 50.0. The van der Waals surface area contributed by atoms with E-state index in [4.69, 9.17) is 0 Å². The van der Waals surface area contributed by atoms with Crippen molar-refractivity contribution in [2.75, 3.05) is 107 Å². The number of para-hydroxylation sites is 4. The number of rotatable bonds is 16. The largest absolute Gasteiger partial charge is 0.345 e. The predicted molar refractivity (Wildman–Crippen MR) is 263 cm³/mol. The van der Waals surface area contributed by atoms with Crippen LogP contribution < -0.4 is 26.6 Å². The third-order valence-corrected chi connectivity index (χ3v) is 11.3. The minimum atomic E-state index is -0.0934. The number of carbonyl (C=O) groups excluding carboxylic acids is 2. The first-order chi connectivity index (χ1) is 31.7. The van der Waals surface area contributed by atoms with Crippen LogP contribution in [0.25, 0.3) is 22.1 Å². The summed E-state index contributed by atoms with van der Waals surface area (Å²) >= 11 is 0. The minimum absolute atomic E-state index is 0.0879. The second-order valence-electron chi connectivity index (χ2n) is 17.3. The predicted octanol–water partition coefficient (Wildman–Crippen LogP) is 4.28. The van der Waals surface area contributed by atoms with Gasteiger partial charge in [0.25, 0.3) is 11.8 Å². The molecule has 0 aliphatic carbocycles. The average Bonchev–Trinajstić information content (AvgIpc) is 3.94. The van der Waals surface area contributed by atoms with E-state index in [1.165, 1.54) is 11.1 Å². The molecular formula is C50H71N13O2. The summed E-state index contributed by atoms with van der Waals surface area (Å²) in [5.41, 5.74) is 7.54. The van der Waals surface area contributed by atoms with E-state index >= 15 is 0 Å². The van der Waals surface area contributed by atoms with Gasteiger partial charge in [-0.05, 0) is 127 Å². The van der Waals surface area contributed by atoms with E-state index in [2.05, 4.69) is 119 Å². The van der Waals surface area contributed by atoms with Gasteiger partial charge >= 0.3 is 0 Å². The zero-order chi connectivity index (χ0) is 45.6. The van der Waals surface area contributed by atoms with Crippen molar-refractivity contribution < 1.29 is 9.59 Å². The van der Waals surface area contributed by atoms with Crippen molar-refractivity contribution in [1.29, 1.82) is 0 Å². The highest BCUT2D eigenvalue weighted by Gasteiger charge is 2.13. The molecule has 7 rings (SSSR count). The molecular weight excluding hydrogens is 815 g/mol. The fourth-order valence-electron chi connectivity index (χ4n) is 7.53. The molecule has 1 aliphatic heterocycles. The highest BCUT2D eigenvalue weighted by Crippen LogP contribution is 2.14. The van der Waals surface area contributed by atoms with Gasteiger partial charge in [-0.15, -0.1) is 0 Å². The number of hydrogen-bond acceptors (Lipinski definition) is 11. The zero-order valence-corrected chi connectivity index (χ0v) is 39.0. The lowest BCUT2D eigenvalue weighted by Crippen LogP contribution is -2.36. The Balaban J connectivity index is 0.000000216. The Morgan fingerprint density at radius 1 is 0.554 bits per heavy atom. The second-order valence-corrected chi connectivity index (χ2v) is 17.3. The maximum atomic E-state index is 12.6. The lowest BCUT2D eigenvalue weighted by Gasteiger charge is -2.25. The molecule has 6 aromatic rings. The number of H-pyrrole nitrogens is 2. The lowest BCUT2D eigenvalue weighted by atomic mass is 10.1. The Hall–Kier alpha value is -5.52. The Morgan fingerprint density at radius 2 is 1.03 bits per heavy atom. The minimum Gasteiger partial charge on any atom is -0.345 e. The molecule has 1 fully saturated rings. The standard InChI is InChI=1S/C26H37N7O.C24H34N6O/c34-26(30-19-25-31-23-5-1-2-6-24(23)32-25)22-9-7-21(8-10-22)20-33-17-4-13-28-15-14-27-11-3-12-29-16-18-33;1-28(2)13-15-30(16-14-29(3)4)18-19-9-11-20(12-10-19)24(31)25-17-23-26-21-7-5-6-8-22(21)27-23/h1-2,5-10,27-29H,3-4,11-20H2,(H,30,34)(H,31,32);5-12H,13-18H2,1-4H3,(H,25,31)(H,26,27). The summed E-state index contributed by atoms with van der Waals surface area (Å²) in [6.45, 7) is 14.9. The Kier molecular flexibility index (Phi) is 19.9. The average molecular weight is 886 g/mol. The SMILES string of the molecule is CN(C)CCN(CCN(C)C)Cc1ccc(C(=O)NCc2nc3ccccc3[nH]2)cc1.O=C(NCc1nc2ccccc2[nH]1)c1ccc(CN2CCCNCCNCCCNCC2)cc1. The van der Waals surface area contributed by atoms with Crippen molar-refractivity contribution >= 4 is 33.9 Å². The van der Waals surface area contributed by atoms with Gasteiger partial charge in [0.05, 0.1) is 35.2 Å². The van der Waals surface area contributed by atoms with E-state index in [-0.39, 0.29) is 11.8 Å². The van der Waals surface area contributed by atoms with Crippen molar-refractivity contribution in [3.63, 3.8) is 0 Å². The molecule has 1 saturated heterocycles. The molecule has 0 radical (unpaired) electrons. The molecule has 2 amide bonds. The third kappa shape index (κ3) is 17.1. The van der Waals surface area contributed by atoms with Crippen LogP contribution in [0.2, 0.25) is 0 Å². The van der Waals surface area contributed by atoms with Gasteiger partial charge in [0.15, 0.2) is 0 Å². The first-order valence-corrected chi connectivity index (χ1v) is 23.2. The normalized spacial score (nSPS) is 14.6. The highest BCUT2D eigenvalue weighted by molar-refractivity contribution is 5.94. The van der Waals surface area contributed by atoms with Crippen LogP contribution in [-0.2, 0) is 26.2 Å². The molecule has 3 heterocycles. The van der Waals surface area contributed by atoms with Crippen LogP contribution in [-0.4, -0.2) is 158 Å². The van der Waals surface area contributed by atoms with Crippen molar-refractivity contribution in [3.05, 3.63) is 131 Å². The number of nitrogens with one attached hydrogen (secondary N) is 7. The highest BCUT2D eigenvalue weighted by atomic mass is 16.2. The van der Waals surface area contributed by atoms with Crippen LogP contribution in [0.1, 0.15) is 56.3 Å². The number of likely N-dealkylation sites (N-methyl/N-ethyl adjacent to an activating group) is 2. The molecule has 0 atom stereocenters. The van der Waals surface area contributed by atoms with Gasteiger partial charge in [0, 0.05) is 76.6 Å². The smallest absolute Gasteiger partial charge is 0.251 e. The van der Waals surface area contributed by atoms with Crippen LogP contribution in [0.4, 0.5) is 0 Å². The van der Waals surface area contributed by atoms with Crippen molar-refractivity contribution in [2.45, 2.75) is 39.0 Å². The molecule has 348 valence electrons. The van der Waals surface area contributed by atoms with E-state index in [1.807, 2.05) is 72.8 Å². The molecule has 15 heteroatoms. The number of fused-ring (bicyclic) bond motifs is 2. The van der Waals surface area contributed by atoms with Crippen molar-refractivity contribution in [2.24, 2.45) is 0 Å². The number of hydrogen-bond donors (Lipinski definition) is 7. The van der Waals surface area contributed by atoms with E-state index in [9.17, 15) is 9.59 Å². The fraction of sp³-hybridized carbons (Fsp3) is 0.440. The van der Waals surface area contributed by atoms with Gasteiger partial charge in [-0.1, -0.05) is 48.5 Å². The van der Waals surface area contributed by atoms with Crippen LogP contribution in [0.3, 0.4) is 0 Å². The number of carbonyl (C=O) groups is 2. The number of imidazole rings is 2. The Labute approximate surface area is 385 Å². The van der Waals surface area contributed by atoms with Crippen LogP contribution >= 0.6 is 0 Å². The topological polar surface area (TPSA) is 165 Å². The van der Waals surface area contributed by atoms with Gasteiger partial charge in [-0.2, -0.15) is 0 Å². The number of amides is 2. The molecule has 0 bridgehead atoms. The molecule has 4 aromatic carbocycles. The van der Waals surface area contributed by atoms with E-state index in [0.29, 0.717) is 24.2 Å². The maximum Gasteiger partial charge on any atom is 0.251 e. The quantitative estimate of drug-likeness (QED) is 0.0743. The molecule has 0 spiro atoms. The summed E-state index contributed by atoms with van der Waals surface area (Å²) in [6.07, 6.45) is 2.28. The van der Waals surface area contributed by atoms with Crippen molar-refractivity contribution in [1.82, 2.24) is 66.1 Å². The molecule has 7 N–H and O–H groups in total. The van der Waals surface area contributed by atoms with Gasteiger partial charge in [-0.25, -0.2) is 9.97 Å². The lowest BCUT2D eigenvalue weighted by molar-refractivity contribution is 0.0942. The monoisotopic (exact) mass is 886 g/mol. The fourth-order valence-corrected chi connectivity index (χ4v) is 7.53. The maximum absolute atomic E-state index is 12.6. The zero-order valence-electron chi connectivity index (χ0n) is 39.0. The first-order valence-electron chi connectivity index (χ1n) is 23.2. The van der Waals surface area contributed by atoms with Gasteiger partial charge < -0.3 is 46.4 Å². The summed E-state index contributed by atoms with van der Waals surface area (Å²) in [7, 11) is 8.40. The summed E-state index contributed by atoms with van der Waals surface area (Å²) < 4.78 is 0. The molecule has 2 aromatic heterocycles. The summed E-state index contributed by atoms with van der Waals surface area (Å²) in [6, 6.07) is 31.6. The summed E-state index contributed by atoms with van der Waals surface area (Å²) in [5.74, 6) is 1.33. The molecule has 0 saturated carbocycles. The number of benzene rings is 4. The van der Waals surface area contributed by atoms with E-state index in [0.717, 1.165) is 138 Å². The molecule has 15 nitrogen and oxygen atoms in total. The number of aromatic nitrogens is 4. The third-order valence-electron chi connectivity index (χ3n) is 11.3. The van der Waals surface area contributed by atoms with Gasteiger partial charge in [0.1, 0.15) is 11.6 Å². The van der Waals surface area contributed by atoms with Crippen LogP contribution in [0.15, 0.2) is 97.1 Å². The Bertz CT molecular complexity index is 2210. The van der Waals surface area contributed by atoms with Crippen LogP contribution in [0.5, 0.6) is 0 Å². The van der Waals surface area contributed by atoms with E-state index < -0.39 is 0 Å². The molecule has 1 aliphatic rings. The van der Waals surface area contributed by atoms with Gasteiger partial charge in [0.2, 0.25) is 0 Å². The summed E-state index contributed by atoms with van der Waals surface area (Å²) in [5, 5.41) is 16.5. The van der Waals surface area contributed by atoms with Crippen molar-refractivity contribution in [3.8, 4) is 0 Å². The Morgan fingerprint density at radius 3 is 1.54 bits per heavy atom. The second kappa shape index (κ2) is 26.4. The molecule has 65 heavy (non-hydrogen) atoms. The number of nitrogens with zero attached hydrogens (tertiary/aromatic N) is 6. The van der Waals surface area contributed by atoms with Crippen LogP contribution in [0, 0.1) is 0 Å².